The molecule has 1 aliphatic rings. The van der Waals surface area contributed by atoms with Crippen LogP contribution in [0.5, 0.6) is 0 Å². The van der Waals surface area contributed by atoms with Crippen molar-refractivity contribution in [2.45, 2.75) is 57.0 Å². The summed E-state index contributed by atoms with van der Waals surface area (Å²) in [6.07, 6.45) is 1.21. The summed E-state index contributed by atoms with van der Waals surface area (Å²) in [6.45, 7) is 4.23. The minimum atomic E-state index is -3.95. The standard InChI is InChI=1S/C25H29Cl2N3O5S/c1-3-13-28-24(32)21(4-2)29(16-17-11-12-19(26)20(27)15-17)23(31)10-7-14-30-25(33)18-8-5-6-9-22(18)36(30,34)35/h5-6,8-9,11-12,15,21H,3-4,7,10,13-14,16H2,1-2H3,(H,28,32). The Hall–Kier alpha value is -2.62. The highest BCUT2D eigenvalue weighted by molar-refractivity contribution is 7.90. The molecule has 0 saturated carbocycles. The average Bonchev–Trinajstić information content (AvgIpc) is 3.05. The van der Waals surface area contributed by atoms with Gasteiger partial charge in [-0.1, -0.05) is 55.2 Å². The summed E-state index contributed by atoms with van der Waals surface area (Å²) in [5.74, 6) is -1.20. The zero-order valence-corrected chi connectivity index (χ0v) is 22.5. The van der Waals surface area contributed by atoms with E-state index >= 15 is 0 Å². The highest BCUT2D eigenvalue weighted by Gasteiger charge is 2.40. The van der Waals surface area contributed by atoms with Crippen LogP contribution in [0.2, 0.25) is 10.0 Å². The molecule has 3 amide bonds. The van der Waals surface area contributed by atoms with Crippen molar-refractivity contribution in [2.24, 2.45) is 0 Å². The number of hydrogen-bond acceptors (Lipinski definition) is 5. The molecule has 194 valence electrons. The van der Waals surface area contributed by atoms with Crippen LogP contribution in [0.1, 0.15) is 55.5 Å². The maximum absolute atomic E-state index is 13.3. The zero-order valence-electron chi connectivity index (χ0n) is 20.2. The highest BCUT2D eigenvalue weighted by Crippen LogP contribution is 2.30. The Bertz CT molecular complexity index is 1250. The minimum Gasteiger partial charge on any atom is -0.354 e. The number of nitrogens with zero attached hydrogens (tertiary/aromatic N) is 2. The molecule has 0 fully saturated rings. The van der Waals surface area contributed by atoms with Crippen molar-refractivity contribution in [1.82, 2.24) is 14.5 Å². The maximum atomic E-state index is 13.3. The third-order valence-corrected chi connectivity index (χ3v) is 8.52. The zero-order chi connectivity index (χ0) is 26.5. The average molecular weight is 554 g/mol. The van der Waals surface area contributed by atoms with Crippen LogP contribution in [0.25, 0.3) is 0 Å². The fourth-order valence-electron chi connectivity index (χ4n) is 4.09. The monoisotopic (exact) mass is 553 g/mol. The number of nitrogens with one attached hydrogen (secondary N) is 1. The Labute approximate surface area is 221 Å². The van der Waals surface area contributed by atoms with Crippen molar-refractivity contribution in [3.8, 4) is 0 Å². The number of carbonyl (C=O) groups excluding carboxylic acids is 3. The Kier molecular flexibility index (Phi) is 9.38. The molecule has 1 N–H and O–H groups in total. The van der Waals surface area contributed by atoms with E-state index in [2.05, 4.69) is 5.32 Å². The van der Waals surface area contributed by atoms with E-state index in [9.17, 15) is 22.8 Å². The lowest BCUT2D eigenvalue weighted by atomic mass is 10.1. The van der Waals surface area contributed by atoms with Gasteiger partial charge in [0.05, 0.1) is 15.6 Å². The van der Waals surface area contributed by atoms with E-state index in [1.165, 1.54) is 17.0 Å². The molecule has 1 unspecified atom stereocenters. The van der Waals surface area contributed by atoms with Gasteiger partial charge in [-0.15, -0.1) is 0 Å². The lowest BCUT2D eigenvalue weighted by Gasteiger charge is -2.31. The molecule has 1 heterocycles. The third-order valence-electron chi connectivity index (χ3n) is 5.94. The maximum Gasteiger partial charge on any atom is 0.269 e. The van der Waals surface area contributed by atoms with Gasteiger partial charge >= 0.3 is 0 Å². The number of carbonyl (C=O) groups is 3. The van der Waals surface area contributed by atoms with Crippen molar-refractivity contribution < 1.29 is 22.8 Å². The van der Waals surface area contributed by atoms with Crippen molar-refractivity contribution in [1.29, 1.82) is 0 Å². The van der Waals surface area contributed by atoms with Crippen LogP contribution in [-0.2, 0) is 26.2 Å². The summed E-state index contributed by atoms with van der Waals surface area (Å²) in [4.78, 5) is 40.3. The van der Waals surface area contributed by atoms with Gasteiger partial charge in [0.25, 0.3) is 15.9 Å². The third kappa shape index (κ3) is 6.02. The molecule has 0 bridgehead atoms. The first-order valence-electron chi connectivity index (χ1n) is 11.8. The molecule has 2 aromatic carbocycles. The molecule has 11 heteroatoms. The van der Waals surface area contributed by atoms with Gasteiger partial charge in [0.2, 0.25) is 11.8 Å². The molecule has 1 aliphatic heterocycles. The van der Waals surface area contributed by atoms with E-state index in [4.69, 9.17) is 23.2 Å². The van der Waals surface area contributed by atoms with E-state index in [0.29, 0.717) is 28.6 Å². The number of halogens is 2. The number of rotatable bonds is 11. The normalized spacial score (nSPS) is 14.9. The Balaban J connectivity index is 1.75. The molecule has 0 spiro atoms. The Morgan fingerprint density at radius 1 is 1.08 bits per heavy atom. The molecule has 0 saturated heterocycles. The van der Waals surface area contributed by atoms with E-state index in [-0.39, 0.29) is 48.2 Å². The molecule has 0 aromatic heterocycles. The van der Waals surface area contributed by atoms with Gasteiger partial charge in [-0.3, -0.25) is 14.4 Å². The number of hydrogen-bond donors (Lipinski definition) is 1. The molecule has 8 nitrogen and oxygen atoms in total. The summed E-state index contributed by atoms with van der Waals surface area (Å²) >= 11 is 12.2. The fraction of sp³-hybridized carbons (Fsp3) is 0.400. The van der Waals surface area contributed by atoms with Crippen LogP contribution in [0.15, 0.2) is 47.4 Å². The van der Waals surface area contributed by atoms with Crippen LogP contribution in [0.3, 0.4) is 0 Å². The van der Waals surface area contributed by atoms with Crippen LogP contribution in [0, 0.1) is 0 Å². The molecule has 1 atom stereocenters. The smallest absolute Gasteiger partial charge is 0.269 e. The minimum absolute atomic E-state index is 0.0267. The fourth-order valence-corrected chi connectivity index (χ4v) is 6.02. The number of benzene rings is 2. The lowest BCUT2D eigenvalue weighted by molar-refractivity contribution is -0.141. The van der Waals surface area contributed by atoms with Gasteiger partial charge in [-0.2, -0.15) is 0 Å². The summed E-state index contributed by atoms with van der Waals surface area (Å²) in [7, 11) is -3.95. The lowest BCUT2D eigenvalue weighted by Crippen LogP contribution is -2.49. The van der Waals surface area contributed by atoms with Crippen molar-refractivity contribution in [3.05, 3.63) is 63.6 Å². The topological polar surface area (TPSA) is 104 Å². The molecule has 36 heavy (non-hydrogen) atoms. The summed E-state index contributed by atoms with van der Waals surface area (Å²) in [6, 6.07) is 10.3. The van der Waals surface area contributed by atoms with E-state index in [0.717, 1.165) is 10.7 Å². The van der Waals surface area contributed by atoms with Gasteiger partial charge in [-0.05, 0) is 49.1 Å². The number of amides is 3. The second-order valence-corrected chi connectivity index (χ2v) is 11.1. The van der Waals surface area contributed by atoms with Crippen LogP contribution >= 0.6 is 23.2 Å². The van der Waals surface area contributed by atoms with Gasteiger partial charge in [0.1, 0.15) is 10.9 Å². The Morgan fingerprint density at radius 2 is 1.81 bits per heavy atom. The van der Waals surface area contributed by atoms with Crippen molar-refractivity contribution in [2.75, 3.05) is 13.1 Å². The first-order chi connectivity index (χ1) is 17.1. The van der Waals surface area contributed by atoms with Gasteiger partial charge in [-0.25, -0.2) is 12.7 Å². The predicted molar refractivity (Wildman–Crippen MR) is 138 cm³/mol. The summed E-state index contributed by atoms with van der Waals surface area (Å²) in [5.41, 5.74) is 0.830. The first-order valence-corrected chi connectivity index (χ1v) is 14.0. The molecule has 3 rings (SSSR count). The van der Waals surface area contributed by atoms with Crippen LogP contribution < -0.4 is 5.32 Å². The first kappa shape index (κ1) is 28.0. The second kappa shape index (κ2) is 12.1. The van der Waals surface area contributed by atoms with Gasteiger partial charge in [0, 0.05) is 26.1 Å². The number of sulfonamides is 1. The molecule has 0 radical (unpaired) electrons. The van der Waals surface area contributed by atoms with Gasteiger partial charge < -0.3 is 10.2 Å². The van der Waals surface area contributed by atoms with E-state index < -0.39 is 22.0 Å². The number of fused-ring (bicyclic) bond motifs is 1. The quantitative estimate of drug-likeness (QED) is 0.447. The predicted octanol–water partition coefficient (Wildman–Crippen LogP) is 4.25. The SMILES string of the molecule is CCCNC(=O)C(CC)N(Cc1ccc(Cl)c(Cl)c1)C(=O)CCCN1C(=O)c2ccccc2S1(=O)=O. The van der Waals surface area contributed by atoms with Crippen molar-refractivity contribution >= 4 is 50.9 Å². The molecular formula is C25H29Cl2N3O5S. The van der Waals surface area contributed by atoms with Crippen molar-refractivity contribution in [3.63, 3.8) is 0 Å². The van der Waals surface area contributed by atoms with Crippen LogP contribution in [0.4, 0.5) is 0 Å². The van der Waals surface area contributed by atoms with Gasteiger partial charge in [0.15, 0.2) is 0 Å². The van der Waals surface area contributed by atoms with E-state index in [1.807, 2.05) is 13.8 Å². The molecular weight excluding hydrogens is 525 g/mol. The van der Waals surface area contributed by atoms with Crippen LogP contribution in [-0.4, -0.2) is 54.5 Å². The summed E-state index contributed by atoms with van der Waals surface area (Å²) < 4.78 is 26.4. The largest absolute Gasteiger partial charge is 0.354 e. The second-order valence-electron chi connectivity index (χ2n) is 8.47. The Morgan fingerprint density at radius 3 is 2.44 bits per heavy atom. The van der Waals surface area contributed by atoms with E-state index in [1.54, 1.807) is 30.3 Å². The summed E-state index contributed by atoms with van der Waals surface area (Å²) in [5, 5.41) is 3.55. The molecule has 2 aromatic rings. The highest BCUT2D eigenvalue weighted by atomic mass is 35.5. The molecule has 0 aliphatic carbocycles.